The number of methoxy groups -OCH3 is 2. The van der Waals surface area contributed by atoms with Crippen molar-refractivity contribution < 1.29 is 24.2 Å². The summed E-state index contributed by atoms with van der Waals surface area (Å²) in [5, 5.41) is 9.59. The number of carbonyl (C=O) groups is 2. The summed E-state index contributed by atoms with van der Waals surface area (Å²) in [6.45, 7) is 1.56. The third kappa shape index (κ3) is 3.48. The van der Waals surface area contributed by atoms with Crippen LogP contribution >= 0.6 is 24.0 Å². The highest BCUT2D eigenvalue weighted by Gasteiger charge is 2.38. The van der Waals surface area contributed by atoms with Crippen LogP contribution in [0.1, 0.15) is 12.5 Å². The number of phenolic OH excluding ortho intramolecular Hbond substituents is 1. The Morgan fingerprint density at radius 2 is 2.13 bits per heavy atom. The largest absolute Gasteiger partial charge is 0.504 e. The van der Waals surface area contributed by atoms with Crippen LogP contribution in [0.25, 0.3) is 6.08 Å². The van der Waals surface area contributed by atoms with E-state index in [4.69, 9.17) is 17.0 Å². The molecular weight excluding hydrogens is 338 g/mol. The number of nitrogens with zero attached hydrogens (tertiary/aromatic N) is 1. The SMILES string of the molecule is COC(=O)C(C)N1C(=O)/C(=C/c2ccc(O)c(OC)c2)SC1=S. The average Bonchev–Trinajstić information content (AvgIpc) is 2.81. The molecule has 23 heavy (non-hydrogen) atoms. The number of esters is 1. The number of carbonyl (C=O) groups excluding carboxylic acids is 2. The molecule has 0 bridgehead atoms. The summed E-state index contributed by atoms with van der Waals surface area (Å²) in [5.74, 6) is -0.576. The second-order valence-electron chi connectivity index (χ2n) is 4.68. The minimum Gasteiger partial charge on any atom is -0.504 e. The predicted molar refractivity (Wildman–Crippen MR) is 91.1 cm³/mol. The molecule has 1 unspecified atom stereocenters. The van der Waals surface area contributed by atoms with E-state index in [0.717, 1.165) is 11.8 Å². The van der Waals surface area contributed by atoms with Crippen molar-refractivity contribution in [1.29, 1.82) is 0 Å². The normalized spacial score (nSPS) is 17.5. The Morgan fingerprint density at radius 3 is 2.74 bits per heavy atom. The first-order valence-corrected chi connectivity index (χ1v) is 7.83. The van der Waals surface area contributed by atoms with Gasteiger partial charge in [0.2, 0.25) is 0 Å². The molecule has 1 saturated heterocycles. The average molecular weight is 353 g/mol. The predicted octanol–water partition coefficient (Wildman–Crippen LogP) is 2.16. The molecule has 1 aliphatic heterocycles. The van der Waals surface area contributed by atoms with Crippen molar-refractivity contribution in [2.45, 2.75) is 13.0 Å². The quantitative estimate of drug-likeness (QED) is 0.505. The third-order valence-corrected chi connectivity index (χ3v) is 4.59. The number of phenols is 1. The molecule has 0 aliphatic carbocycles. The van der Waals surface area contributed by atoms with Gasteiger partial charge in [0.25, 0.3) is 5.91 Å². The molecule has 1 aliphatic rings. The van der Waals surface area contributed by atoms with E-state index in [1.165, 1.54) is 25.2 Å². The highest BCUT2D eigenvalue weighted by Crippen LogP contribution is 2.35. The summed E-state index contributed by atoms with van der Waals surface area (Å²) in [5.41, 5.74) is 0.672. The maximum atomic E-state index is 12.5. The van der Waals surface area contributed by atoms with Crippen molar-refractivity contribution in [3.05, 3.63) is 28.7 Å². The molecule has 0 spiro atoms. The van der Waals surface area contributed by atoms with Gasteiger partial charge >= 0.3 is 5.97 Å². The summed E-state index contributed by atoms with van der Waals surface area (Å²) in [6.07, 6.45) is 1.63. The van der Waals surface area contributed by atoms with E-state index >= 15 is 0 Å². The van der Waals surface area contributed by atoms with E-state index in [2.05, 4.69) is 4.74 Å². The molecule has 1 N–H and O–H groups in total. The molecule has 0 radical (unpaired) electrons. The molecule has 1 heterocycles. The number of aromatic hydroxyl groups is 1. The van der Waals surface area contributed by atoms with Crippen molar-refractivity contribution in [3.8, 4) is 11.5 Å². The minimum atomic E-state index is -0.784. The highest BCUT2D eigenvalue weighted by molar-refractivity contribution is 8.26. The molecule has 1 aromatic carbocycles. The fourth-order valence-corrected chi connectivity index (χ4v) is 3.44. The Bertz CT molecular complexity index is 701. The van der Waals surface area contributed by atoms with Gasteiger partial charge in [0.1, 0.15) is 10.4 Å². The van der Waals surface area contributed by atoms with Crippen LogP contribution in [0.5, 0.6) is 11.5 Å². The summed E-state index contributed by atoms with van der Waals surface area (Å²) in [7, 11) is 2.70. The van der Waals surface area contributed by atoms with Gasteiger partial charge in [0.15, 0.2) is 11.5 Å². The van der Waals surface area contributed by atoms with Crippen molar-refractivity contribution in [3.63, 3.8) is 0 Å². The van der Waals surface area contributed by atoms with Gasteiger partial charge in [0.05, 0.1) is 19.1 Å². The lowest BCUT2D eigenvalue weighted by molar-refractivity contribution is -0.147. The Kier molecular flexibility index (Phi) is 5.27. The lowest BCUT2D eigenvalue weighted by atomic mass is 10.2. The molecule has 6 nitrogen and oxygen atoms in total. The summed E-state index contributed by atoms with van der Waals surface area (Å²) >= 11 is 6.29. The second-order valence-corrected chi connectivity index (χ2v) is 6.36. The molecule has 1 amide bonds. The van der Waals surface area contributed by atoms with Gasteiger partial charge in [-0.25, -0.2) is 4.79 Å². The van der Waals surface area contributed by atoms with E-state index in [0.29, 0.717) is 20.5 Å². The molecule has 1 fully saturated rings. The third-order valence-electron chi connectivity index (χ3n) is 3.25. The number of thiocarbonyl (C=S) groups is 1. The van der Waals surface area contributed by atoms with Gasteiger partial charge in [-0.2, -0.15) is 0 Å². The van der Waals surface area contributed by atoms with Gasteiger partial charge in [-0.05, 0) is 30.7 Å². The number of hydrogen-bond acceptors (Lipinski definition) is 7. The number of thioether (sulfide) groups is 1. The van der Waals surface area contributed by atoms with E-state index in [1.54, 1.807) is 25.1 Å². The molecular formula is C15H15NO5S2. The van der Waals surface area contributed by atoms with Crippen LogP contribution in [0.15, 0.2) is 23.1 Å². The molecule has 1 atom stereocenters. The van der Waals surface area contributed by atoms with Gasteiger partial charge < -0.3 is 14.6 Å². The van der Waals surface area contributed by atoms with Gasteiger partial charge in [0, 0.05) is 0 Å². The summed E-state index contributed by atoms with van der Waals surface area (Å²) < 4.78 is 9.98. The Labute approximate surface area is 143 Å². The maximum absolute atomic E-state index is 12.5. The molecule has 0 saturated carbocycles. The van der Waals surface area contributed by atoms with Crippen molar-refractivity contribution in [1.82, 2.24) is 4.90 Å². The van der Waals surface area contributed by atoms with Crippen LogP contribution in [-0.4, -0.2) is 46.5 Å². The fraction of sp³-hybridized carbons (Fsp3) is 0.267. The Hall–Kier alpha value is -2.06. The number of ether oxygens (including phenoxy) is 2. The van der Waals surface area contributed by atoms with Crippen LogP contribution in [0.2, 0.25) is 0 Å². The van der Waals surface area contributed by atoms with Crippen LogP contribution < -0.4 is 4.74 Å². The van der Waals surface area contributed by atoms with Crippen molar-refractivity contribution in [2.24, 2.45) is 0 Å². The molecule has 122 valence electrons. The van der Waals surface area contributed by atoms with Gasteiger partial charge in [-0.3, -0.25) is 9.69 Å². The van der Waals surface area contributed by atoms with E-state index in [9.17, 15) is 14.7 Å². The van der Waals surface area contributed by atoms with Crippen LogP contribution in [0, 0.1) is 0 Å². The first-order chi connectivity index (χ1) is 10.9. The Morgan fingerprint density at radius 1 is 1.43 bits per heavy atom. The maximum Gasteiger partial charge on any atom is 0.328 e. The lowest BCUT2D eigenvalue weighted by Gasteiger charge is -2.20. The Balaban J connectivity index is 2.30. The molecule has 2 rings (SSSR count). The first-order valence-electron chi connectivity index (χ1n) is 6.61. The van der Waals surface area contributed by atoms with Crippen molar-refractivity contribution >= 4 is 46.3 Å². The zero-order valence-corrected chi connectivity index (χ0v) is 14.4. The van der Waals surface area contributed by atoms with Crippen LogP contribution in [-0.2, 0) is 14.3 Å². The van der Waals surface area contributed by atoms with E-state index in [1.807, 2.05) is 0 Å². The fourth-order valence-electron chi connectivity index (χ4n) is 2.03. The van der Waals surface area contributed by atoms with Gasteiger partial charge in [-0.15, -0.1) is 0 Å². The second kappa shape index (κ2) is 7.01. The number of rotatable bonds is 4. The summed E-state index contributed by atoms with van der Waals surface area (Å²) in [4.78, 5) is 25.7. The van der Waals surface area contributed by atoms with E-state index in [-0.39, 0.29) is 11.7 Å². The van der Waals surface area contributed by atoms with Crippen molar-refractivity contribution in [2.75, 3.05) is 14.2 Å². The zero-order valence-electron chi connectivity index (χ0n) is 12.7. The topological polar surface area (TPSA) is 76.1 Å². The van der Waals surface area contributed by atoms with E-state index < -0.39 is 12.0 Å². The molecule has 8 heteroatoms. The van der Waals surface area contributed by atoms with Crippen LogP contribution in [0.4, 0.5) is 0 Å². The van der Waals surface area contributed by atoms with Gasteiger partial charge in [-0.1, -0.05) is 30.0 Å². The minimum absolute atomic E-state index is 0.0107. The standard InChI is InChI=1S/C15H15NO5S2/c1-8(14(19)21-3)16-13(18)12(23-15(16)22)7-9-4-5-10(17)11(6-9)20-2/h4-8,17H,1-3H3/b12-7-. The summed E-state index contributed by atoms with van der Waals surface area (Å²) in [6, 6.07) is 3.94. The number of benzene rings is 1. The van der Waals surface area contributed by atoms with Crippen LogP contribution in [0.3, 0.4) is 0 Å². The highest BCUT2D eigenvalue weighted by atomic mass is 32.2. The molecule has 1 aromatic rings. The monoisotopic (exact) mass is 353 g/mol. The number of amides is 1. The first kappa shape index (κ1) is 17.3. The smallest absolute Gasteiger partial charge is 0.328 e. The molecule has 0 aromatic heterocycles. The number of hydrogen-bond donors (Lipinski definition) is 1. The zero-order chi connectivity index (χ0) is 17.1. The lowest BCUT2D eigenvalue weighted by Crippen LogP contribution is -2.42.